The van der Waals surface area contributed by atoms with Crippen molar-refractivity contribution >= 4 is 11.9 Å². The second kappa shape index (κ2) is 10.9. The van der Waals surface area contributed by atoms with Crippen molar-refractivity contribution in [2.45, 2.75) is 64.6 Å². The molecule has 0 unspecified atom stereocenters. The van der Waals surface area contributed by atoms with Crippen LogP contribution in [0.2, 0.25) is 0 Å². The monoisotopic (exact) mass is 545 g/mol. The number of rotatable bonds is 5. The zero-order valence-corrected chi connectivity index (χ0v) is 21.9. The van der Waals surface area contributed by atoms with Crippen LogP contribution in [0.4, 0.5) is 23.8 Å². The van der Waals surface area contributed by atoms with E-state index in [0.717, 1.165) is 6.42 Å². The lowest BCUT2D eigenvalue weighted by Gasteiger charge is -2.26. The molecule has 1 saturated heterocycles. The molecule has 1 aliphatic rings. The summed E-state index contributed by atoms with van der Waals surface area (Å²) < 4.78 is 50.3. The van der Waals surface area contributed by atoms with Gasteiger partial charge in [-0.05, 0) is 57.7 Å². The van der Waals surface area contributed by atoms with Crippen molar-refractivity contribution < 1.29 is 27.4 Å². The van der Waals surface area contributed by atoms with Crippen LogP contribution in [0.3, 0.4) is 0 Å². The molecule has 3 heterocycles. The highest BCUT2D eigenvalue weighted by atomic mass is 19.4. The van der Waals surface area contributed by atoms with E-state index < -0.39 is 12.0 Å². The fourth-order valence-corrected chi connectivity index (χ4v) is 4.47. The molecule has 3 aromatic rings. The number of nitrogen functional groups attached to an aromatic ring is 1. The number of likely N-dealkylation sites (tertiary alicyclic amines) is 1. The number of ether oxygens (including phenoxy) is 2. The van der Waals surface area contributed by atoms with Crippen molar-refractivity contribution in [3.05, 3.63) is 47.8 Å². The first-order chi connectivity index (χ1) is 18.3. The van der Waals surface area contributed by atoms with Crippen molar-refractivity contribution in [2.24, 2.45) is 0 Å². The summed E-state index contributed by atoms with van der Waals surface area (Å²) in [4.78, 5) is 14.2. The van der Waals surface area contributed by atoms with Crippen LogP contribution in [0.5, 0.6) is 5.75 Å². The highest BCUT2D eigenvalue weighted by Gasteiger charge is 2.31. The molecule has 0 spiro atoms. The van der Waals surface area contributed by atoms with Crippen molar-refractivity contribution in [1.29, 1.82) is 5.26 Å². The smallest absolute Gasteiger partial charge is 0.444 e. The number of alkyl halides is 3. The van der Waals surface area contributed by atoms with Gasteiger partial charge in [0.25, 0.3) is 0 Å². The molecular weight excluding hydrogens is 515 g/mol. The Hall–Kier alpha value is -4.21. The zero-order valence-electron chi connectivity index (χ0n) is 21.9. The first-order valence-electron chi connectivity index (χ1n) is 12.5. The first kappa shape index (κ1) is 27.8. The summed E-state index contributed by atoms with van der Waals surface area (Å²) >= 11 is 0. The van der Waals surface area contributed by atoms with Gasteiger partial charge in [-0.2, -0.15) is 15.5 Å². The van der Waals surface area contributed by atoms with E-state index in [-0.39, 0.29) is 35.8 Å². The maximum atomic E-state index is 12.6. The summed E-state index contributed by atoms with van der Waals surface area (Å²) in [7, 11) is 0. The third-order valence-electron chi connectivity index (χ3n) is 6.14. The van der Waals surface area contributed by atoms with E-state index in [1.54, 1.807) is 21.8 Å². The summed E-state index contributed by atoms with van der Waals surface area (Å²) in [6, 6.07) is 7.64. The molecule has 4 rings (SSSR count). The average molecular weight is 546 g/mol. The molecule has 0 aliphatic carbocycles. The highest BCUT2D eigenvalue weighted by molar-refractivity contribution is 5.72. The van der Waals surface area contributed by atoms with Crippen LogP contribution >= 0.6 is 0 Å². The molecule has 1 fully saturated rings. The highest BCUT2D eigenvalue weighted by Crippen LogP contribution is 2.32. The lowest BCUT2D eigenvalue weighted by Crippen LogP contribution is -2.37. The molecule has 2 N–H and O–H groups in total. The summed E-state index contributed by atoms with van der Waals surface area (Å²) in [5.41, 5.74) is 7.43. The van der Waals surface area contributed by atoms with Crippen molar-refractivity contribution in [3.63, 3.8) is 0 Å². The fourth-order valence-electron chi connectivity index (χ4n) is 4.47. The van der Waals surface area contributed by atoms with E-state index in [1.165, 1.54) is 29.1 Å². The summed E-state index contributed by atoms with van der Waals surface area (Å²) in [5.74, 6) is -0.0905. The summed E-state index contributed by atoms with van der Waals surface area (Å²) in [6.45, 7) is 6.65. The molecule has 10 nitrogen and oxygen atoms in total. The summed E-state index contributed by atoms with van der Waals surface area (Å²) in [5, 5.41) is 18.8. The van der Waals surface area contributed by atoms with Gasteiger partial charge in [0.1, 0.15) is 34.5 Å². The van der Waals surface area contributed by atoms with E-state index in [0.29, 0.717) is 42.8 Å². The van der Waals surface area contributed by atoms with Gasteiger partial charge >= 0.3 is 12.5 Å². The topological polar surface area (TPSA) is 124 Å². The Morgan fingerprint density at radius 3 is 2.69 bits per heavy atom. The molecule has 1 aliphatic heterocycles. The van der Waals surface area contributed by atoms with E-state index in [4.69, 9.17) is 10.5 Å². The molecule has 13 heteroatoms. The lowest BCUT2D eigenvalue weighted by atomic mass is 10.1. The molecule has 0 radical (unpaired) electrons. The number of halogens is 3. The SMILES string of the molecule is CC(C)(C)OC(=O)N1CCC[C@H](n2nc(-c3cnn(Cc4cccc(OC(F)(F)F)c4)c3)c(C#N)c2N)CC1. The van der Waals surface area contributed by atoms with Gasteiger partial charge in [-0.25, -0.2) is 9.48 Å². The standard InChI is InChI=1S/C26H30F3N7O3/c1-25(2,3)39-24(37)34-10-5-7-19(9-11-34)36-23(31)21(13-30)22(33-36)18-14-32-35(16-18)15-17-6-4-8-20(12-17)38-26(27,28)29/h4,6,8,12,14,16,19H,5,7,9-11,15,31H2,1-3H3/t19-/m0/s1. The van der Waals surface area contributed by atoms with Crippen molar-refractivity contribution in [3.8, 4) is 23.1 Å². The van der Waals surface area contributed by atoms with Crippen LogP contribution in [0, 0.1) is 11.3 Å². The van der Waals surface area contributed by atoms with Gasteiger partial charge in [0, 0.05) is 24.8 Å². The normalized spacial score (nSPS) is 16.4. The Bertz CT molecular complexity index is 1370. The van der Waals surface area contributed by atoms with Crippen LogP contribution < -0.4 is 10.5 Å². The number of nitrogens with two attached hydrogens (primary N) is 1. The Balaban J connectivity index is 1.50. The first-order valence-corrected chi connectivity index (χ1v) is 12.5. The molecule has 39 heavy (non-hydrogen) atoms. The van der Waals surface area contributed by atoms with Gasteiger partial charge in [0.05, 0.1) is 18.8 Å². The summed E-state index contributed by atoms with van der Waals surface area (Å²) in [6.07, 6.45) is 0.0564. The second-order valence-electron chi connectivity index (χ2n) is 10.3. The Kier molecular flexibility index (Phi) is 7.76. The number of anilines is 1. The quantitative estimate of drug-likeness (QED) is 0.472. The van der Waals surface area contributed by atoms with Crippen molar-refractivity contribution in [1.82, 2.24) is 24.5 Å². The van der Waals surface area contributed by atoms with Crippen LogP contribution in [-0.4, -0.2) is 55.6 Å². The Morgan fingerprint density at radius 1 is 1.23 bits per heavy atom. The molecule has 208 valence electrons. The largest absolute Gasteiger partial charge is 0.573 e. The fraction of sp³-hybridized carbons (Fsp3) is 0.462. The number of carbonyl (C=O) groups is 1. The number of hydrogen-bond acceptors (Lipinski definition) is 7. The molecule has 0 bridgehead atoms. The maximum absolute atomic E-state index is 12.6. The van der Waals surface area contributed by atoms with Crippen LogP contribution in [0.1, 0.15) is 57.2 Å². The van der Waals surface area contributed by atoms with Gasteiger partial charge in [-0.3, -0.25) is 4.68 Å². The third kappa shape index (κ3) is 7.01. The third-order valence-corrected chi connectivity index (χ3v) is 6.14. The van der Waals surface area contributed by atoms with Gasteiger partial charge in [0.15, 0.2) is 0 Å². The molecular formula is C26H30F3N7O3. The Morgan fingerprint density at radius 2 is 2.00 bits per heavy atom. The van der Waals surface area contributed by atoms with Gasteiger partial charge < -0.3 is 20.1 Å². The lowest BCUT2D eigenvalue weighted by molar-refractivity contribution is -0.274. The minimum Gasteiger partial charge on any atom is -0.444 e. The minimum atomic E-state index is -4.78. The van der Waals surface area contributed by atoms with Crippen LogP contribution in [-0.2, 0) is 11.3 Å². The van der Waals surface area contributed by atoms with E-state index in [2.05, 4.69) is 21.0 Å². The predicted molar refractivity (Wildman–Crippen MR) is 135 cm³/mol. The van der Waals surface area contributed by atoms with E-state index in [1.807, 2.05) is 20.8 Å². The maximum Gasteiger partial charge on any atom is 0.573 e. The molecule has 1 amide bonds. The van der Waals surface area contributed by atoms with Crippen LogP contribution in [0.25, 0.3) is 11.3 Å². The van der Waals surface area contributed by atoms with E-state index in [9.17, 15) is 23.2 Å². The Labute approximate surface area is 223 Å². The molecule has 1 atom stereocenters. The number of hydrogen-bond donors (Lipinski definition) is 1. The number of carbonyl (C=O) groups excluding carboxylic acids is 1. The van der Waals surface area contributed by atoms with Gasteiger partial charge in [-0.15, -0.1) is 13.2 Å². The van der Waals surface area contributed by atoms with Gasteiger partial charge in [0.2, 0.25) is 0 Å². The average Bonchev–Trinajstić information content (AvgIpc) is 3.32. The number of amides is 1. The molecule has 1 aromatic carbocycles. The van der Waals surface area contributed by atoms with Crippen LogP contribution in [0.15, 0.2) is 36.7 Å². The zero-order chi connectivity index (χ0) is 28.4. The molecule has 2 aromatic heterocycles. The number of aromatic nitrogens is 4. The van der Waals surface area contributed by atoms with Gasteiger partial charge in [-0.1, -0.05) is 12.1 Å². The number of nitriles is 1. The predicted octanol–water partition coefficient (Wildman–Crippen LogP) is 5.11. The second-order valence-corrected chi connectivity index (χ2v) is 10.3. The minimum absolute atomic E-state index is 0.121. The van der Waals surface area contributed by atoms with E-state index >= 15 is 0 Å². The van der Waals surface area contributed by atoms with Crippen molar-refractivity contribution in [2.75, 3.05) is 18.8 Å². The number of benzene rings is 1. The molecule has 0 saturated carbocycles. The number of nitrogens with zero attached hydrogens (tertiary/aromatic N) is 6.